The number of carbonyl (C=O) groups is 4. The van der Waals surface area contributed by atoms with Crippen molar-refractivity contribution in [1.82, 2.24) is 20.1 Å². The fraction of sp³-hybridized carbons (Fsp3) is 0.667. The van der Waals surface area contributed by atoms with E-state index in [1.54, 1.807) is 6.92 Å². The molecule has 2 fully saturated rings. The number of carboxylic acids is 1. The SMILES string of the molecule is CCOC(=O)C(NC(=O)C[n+]1ccn(C[C@@]2(C)[C@H](C(=O)O)N3C(=O)C[C@H]3S2(=O)=O)n1)C(C)O. The Balaban J connectivity index is 1.74. The highest BCUT2D eigenvalue weighted by atomic mass is 32.2. The number of aliphatic hydroxyl groups excluding tert-OH is 1. The molecule has 3 heterocycles. The van der Waals surface area contributed by atoms with Gasteiger partial charge in [0.05, 0.1) is 24.3 Å². The van der Waals surface area contributed by atoms with Crippen molar-refractivity contribution < 1.29 is 47.2 Å². The Morgan fingerprint density at radius 1 is 1.42 bits per heavy atom. The second kappa shape index (κ2) is 8.70. The summed E-state index contributed by atoms with van der Waals surface area (Å²) in [6.45, 7) is 3.51. The molecule has 3 rings (SSSR count). The Morgan fingerprint density at radius 2 is 2.09 bits per heavy atom. The fourth-order valence-corrected chi connectivity index (χ4v) is 6.47. The number of sulfone groups is 1. The van der Waals surface area contributed by atoms with Crippen LogP contribution in [0.4, 0.5) is 0 Å². The topological polar surface area (TPSA) is 189 Å². The number of β-lactam (4-membered cyclic amide) rings is 1. The van der Waals surface area contributed by atoms with Crippen molar-refractivity contribution in [1.29, 1.82) is 0 Å². The maximum absolute atomic E-state index is 13.0. The Labute approximate surface area is 189 Å². The van der Waals surface area contributed by atoms with E-state index >= 15 is 0 Å². The highest BCUT2D eigenvalue weighted by Gasteiger charge is 2.71. The van der Waals surface area contributed by atoms with Gasteiger partial charge in [-0.15, -0.1) is 9.36 Å². The van der Waals surface area contributed by atoms with Crippen LogP contribution in [-0.4, -0.2) is 92.1 Å². The predicted octanol–water partition coefficient (Wildman–Crippen LogP) is -3.20. The fourth-order valence-electron chi connectivity index (χ4n) is 4.11. The molecular weight excluding hydrogens is 462 g/mol. The van der Waals surface area contributed by atoms with E-state index in [2.05, 4.69) is 10.5 Å². The Hall–Kier alpha value is -3.07. The van der Waals surface area contributed by atoms with E-state index < -0.39 is 61.9 Å². The molecule has 1 aromatic rings. The number of hydrogen-bond acceptors (Lipinski definition) is 9. The monoisotopic (exact) mass is 488 g/mol. The first kappa shape index (κ1) is 24.6. The normalized spacial score (nSPS) is 27.3. The lowest BCUT2D eigenvalue weighted by molar-refractivity contribution is -0.744. The van der Waals surface area contributed by atoms with Crippen LogP contribution < -0.4 is 10.00 Å². The lowest BCUT2D eigenvalue weighted by Gasteiger charge is -2.35. The number of hydrogen-bond donors (Lipinski definition) is 3. The third-order valence-corrected chi connectivity index (χ3v) is 8.57. The van der Waals surface area contributed by atoms with Gasteiger partial charge in [0.2, 0.25) is 5.91 Å². The zero-order valence-corrected chi connectivity index (χ0v) is 19.1. The van der Waals surface area contributed by atoms with Gasteiger partial charge in [0.15, 0.2) is 40.9 Å². The number of amides is 2. The molecule has 0 bridgehead atoms. The van der Waals surface area contributed by atoms with Crippen molar-refractivity contribution in [3.8, 4) is 0 Å². The van der Waals surface area contributed by atoms with Crippen LogP contribution in [0.5, 0.6) is 0 Å². The third-order valence-electron chi connectivity index (χ3n) is 5.81. The molecule has 3 N–H and O–H groups in total. The summed E-state index contributed by atoms with van der Waals surface area (Å²) in [5, 5.41) is 24.6. The highest BCUT2D eigenvalue weighted by Crippen LogP contribution is 2.46. The summed E-state index contributed by atoms with van der Waals surface area (Å²) in [5.74, 6) is -3.43. The number of carbonyl (C=O) groups excluding carboxylic acids is 3. The van der Waals surface area contributed by atoms with E-state index in [0.717, 1.165) is 9.58 Å². The van der Waals surface area contributed by atoms with Crippen LogP contribution in [-0.2, 0) is 46.8 Å². The van der Waals surface area contributed by atoms with Crippen LogP contribution in [0.1, 0.15) is 27.2 Å². The van der Waals surface area contributed by atoms with E-state index in [9.17, 15) is 37.8 Å². The number of nitrogens with one attached hydrogen (secondary N) is 1. The van der Waals surface area contributed by atoms with Gasteiger partial charge in [0.25, 0.3) is 5.91 Å². The molecule has 0 radical (unpaired) electrons. The Bertz CT molecular complexity index is 1080. The smallest absolute Gasteiger partial charge is 0.331 e. The first-order valence-corrected chi connectivity index (χ1v) is 11.7. The van der Waals surface area contributed by atoms with Gasteiger partial charge in [-0.1, -0.05) is 0 Å². The molecule has 14 nitrogen and oxygen atoms in total. The number of esters is 1. The first-order chi connectivity index (χ1) is 15.3. The number of aliphatic carboxylic acids is 1. The highest BCUT2D eigenvalue weighted by molar-refractivity contribution is 7.93. The molecule has 2 aliphatic rings. The molecule has 0 aliphatic carbocycles. The quantitative estimate of drug-likeness (QED) is 0.181. The van der Waals surface area contributed by atoms with E-state index in [4.69, 9.17) is 4.74 Å². The summed E-state index contributed by atoms with van der Waals surface area (Å²) in [7, 11) is -4.01. The molecule has 1 aromatic heterocycles. The van der Waals surface area contributed by atoms with Crippen molar-refractivity contribution in [2.75, 3.05) is 6.61 Å². The zero-order valence-electron chi connectivity index (χ0n) is 18.2. The third kappa shape index (κ3) is 4.17. The van der Waals surface area contributed by atoms with Crippen molar-refractivity contribution in [3.63, 3.8) is 0 Å². The molecule has 0 saturated carbocycles. The summed E-state index contributed by atoms with van der Waals surface area (Å²) in [6, 6.07) is -2.84. The molecule has 15 heteroatoms. The molecule has 0 spiro atoms. The zero-order chi connectivity index (χ0) is 24.7. The van der Waals surface area contributed by atoms with Crippen molar-refractivity contribution in [3.05, 3.63) is 12.4 Å². The molecule has 2 amide bonds. The van der Waals surface area contributed by atoms with Gasteiger partial charge in [0.1, 0.15) is 16.7 Å². The maximum Gasteiger partial charge on any atom is 0.331 e. The van der Waals surface area contributed by atoms with Crippen LogP contribution in [0.2, 0.25) is 0 Å². The van der Waals surface area contributed by atoms with Crippen molar-refractivity contribution >= 4 is 33.6 Å². The number of aliphatic hydroxyl groups is 1. The summed E-state index contributed by atoms with van der Waals surface area (Å²) >= 11 is 0. The molecule has 0 aromatic carbocycles. The van der Waals surface area contributed by atoms with E-state index in [0.29, 0.717) is 0 Å². The molecule has 182 valence electrons. The average Bonchev–Trinajstić information content (AvgIpc) is 3.18. The predicted molar refractivity (Wildman–Crippen MR) is 107 cm³/mol. The number of rotatable bonds is 9. The van der Waals surface area contributed by atoms with Crippen LogP contribution in [0, 0.1) is 0 Å². The number of aromatic nitrogens is 3. The molecule has 2 aliphatic heterocycles. The minimum absolute atomic E-state index is 0.0694. The minimum atomic E-state index is -4.01. The molecule has 5 atom stereocenters. The van der Waals surface area contributed by atoms with Crippen LogP contribution in [0.15, 0.2) is 12.4 Å². The van der Waals surface area contributed by atoms with Gasteiger partial charge < -0.3 is 25.2 Å². The molecule has 2 unspecified atom stereocenters. The molecule has 33 heavy (non-hydrogen) atoms. The Morgan fingerprint density at radius 3 is 2.64 bits per heavy atom. The van der Waals surface area contributed by atoms with E-state index in [-0.39, 0.29) is 26.1 Å². The second-order valence-corrected chi connectivity index (χ2v) is 10.7. The average molecular weight is 488 g/mol. The lowest BCUT2D eigenvalue weighted by Crippen LogP contribution is -2.58. The van der Waals surface area contributed by atoms with Gasteiger partial charge in [-0.3, -0.25) is 9.59 Å². The van der Waals surface area contributed by atoms with E-state index in [1.165, 1.54) is 30.9 Å². The van der Waals surface area contributed by atoms with Crippen LogP contribution in [0.25, 0.3) is 0 Å². The minimum Gasteiger partial charge on any atom is -0.480 e. The molecule has 2 saturated heterocycles. The van der Waals surface area contributed by atoms with Gasteiger partial charge in [-0.2, -0.15) is 0 Å². The summed E-state index contributed by atoms with van der Waals surface area (Å²) in [4.78, 5) is 48.8. The summed E-state index contributed by atoms with van der Waals surface area (Å²) < 4.78 is 31.3. The number of carboxylic acid groups (broad SMARTS) is 1. The number of nitrogens with zero attached hydrogens (tertiary/aromatic N) is 4. The van der Waals surface area contributed by atoms with Crippen molar-refractivity contribution in [2.24, 2.45) is 0 Å². The van der Waals surface area contributed by atoms with E-state index in [1.807, 2.05) is 0 Å². The van der Waals surface area contributed by atoms with Gasteiger partial charge >= 0.3 is 11.9 Å². The lowest BCUT2D eigenvalue weighted by atomic mass is 9.96. The Kier molecular flexibility index (Phi) is 6.48. The second-order valence-electron chi connectivity index (χ2n) is 8.18. The summed E-state index contributed by atoms with van der Waals surface area (Å²) in [5.41, 5.74) is 0. The largest absolute Gasteiger partial charge is 0.480 e. The van der Waals surface area contributed by atoms with Crippen LogP contribution >= 0.6 is 0 Å². The first-order valence-electron chi connectivity index (χ1n) is 10.2. The number of fused-ring (bicyclic) bond motifs is 1. The summed E-state index contributed by atoms with van der Waals surface area (Å²) in [6.07, 6.45) is 1.26. The van der Waals surface area contributed by atoms with Crippen molar-refractivity contribution in [2.45, 2.75) is 68.6 Å². The van der Waals surface area contributed by atoms with Gasteiger partial charge in [-0.05, 0) is 20.8 Å². The van der Waals surface area contributed by atoms with Gasteiger partial charge in [-0.25, -0.2) is 18.0 Å². The maximum atomic E-state index is 13.0. The standard InChI is InChI=1S/C18H25N5O9S/c1-4-32-17(29)14(10(2)24)19-11(25)8-21-5-6-22(20-21)9-18(3)15(16(27)28)23-12(26)7-13(23)33(18,30)31/h5-6,10,13-15,24H,4,7-9H2,1-3H3,(H-,19,25,27,28)/p+1/t10?,13-,14?,15+,18+/m1/s1. The molecular formula is C18H26N5O9S+. The van der Waals surface area contributed by atoms with Crippen LogP contribution in [0.3, 0.4) is 0 Å². The number of ether oxygens (including phenoxy) is 1. The van der Waals surface area contributed by atoms with Gasteiger partial charge in [0, 0.05) is 0 Å².